The lowest BCUT2D eigenvalue weighted by molar-refractivity contribution is 0.0950. The first-order valence-electron chi connectivity index (χ1n) is 11.2. The van der Waals surface area contributed by atoms with Gasteiger partial charge in [-0.1, -0.05) is 12.1 Å². The van der Waals surface area contributed by atoms with E-state index in [-0.39, 0.29) is 28.6 Å². The molecule has 0 spiro atoms. The SMILES string of the molecule is Cc1ccc(S(=O)(=O)Nc2ccc(F)cc2)cc1C(=O)NCc1cccnc1N1CCCCC1. The summed E-state index contributed by atoms with van der Waals surface area (Å²) in [6.07, 6.45) is 5.20. The van der Waals surface area contributed by atoms with Crippen molar-refractivity contribution in [2.45, 2.75) is 37.6 Å². The Morgan fingerprint density at radius 3 is 2.53 bits per heavy atom. The van der Waals surface area contributed by atoms with Crippen LogP contribution < -0.4 is 14.9 Å². The van der Waals surface area contributed by atoms with Crippen LogP contribution in [0.3, 0.4) is 0 Å². The number of carbonyl (C=O) groups is 1. The lowest BCUT2D eigenvalue weighted by Crippen LogP contribution is -2.32. The predicted molar refractivity (Wildman–Crippen MR) is 130 cm³/mol. The molecule has 0 bridgehead atoms. The number of rotatable bonds is 7. The van der Waals surface area contributed by atoms with Crippen LogP contribution in [0.5, 0.6) is 0 Å². The van der Waals surface area contributed by atoms with Gasteiger partial charge in [-0.3, -0.25) is 9.52 Å². The fraction of sp³-hybridized carbons (Fsp3) is 0.280. The summed E-state index contributed by atoms with van der Waals surface area (Å²) in [5, 5.41) is 2.91. The predicted octanol–water partition coefficient (Wildman–Crippen LogP) is 4.25. The maximum atomic E-state index is 13.1. The molecular formula is C25H27FN4O3S. The second-order valence-corrected chi connectivity index (χ2v) is 9.99. The van der Waals surface area contributed by atoms with Crippen LogP contribution >= 0.6 is 0 Å². The molecule has 0 unspecified atom stereocenters. The molecule has 7 nitrogen and oxygen atoms in total. The molecule has 3 aromatic rings. The fourth-order valence-corrected chi connectivity index (χ4v) is 5.06. The Balaban J connectivity index is 1.50. The Kier molecular flexibility index (Phi) is 7.12. The number of sulfonamides is 1. The van der Waals surface area contributed by atoms with E-state index in [1.165, 1.54) is 42.8 Å². The summed E-state index contributed by atoms with van der Waals surface area (Å²) >= 11 is 0. The molecule has 178 valence electrons. The fourth-order valence-electron chi connectivity index (χ4n) is 3.97. The summed E-state index contributed by atoms with van der Waals surface area (Å²) in [5.41, 5.74) is 2.07. The minimum atomic E-state index is -3.96. The molecule has 1 amide bonds. The van der Waals surface area contributed by atoms with Gasteiger partial charge in [-0.05, 0) is 74.2 Å². The molecule has 1 saturated heterocycles. The third-order valence-corrected chi connectivity index (χ3v) is 7.20. The highest BCUT2D eigenvalue weighted by atomic mass is 32.2. The second kappa shape index (κ2) is 10.2. The number of hydrogen-bond acceptors (Lipinski definition) is 5. The molecule has 2 heterocycles. The van der Waals surface area contributed by atoms with Gasteiger partial charge in [0.25, 0.3) is 15.9 Å². The number of anilines is 2. The van der Waals surface area contributed by atoms with Crippen molar-refractivity contribution < 1.29 is 17.6 Å². The highest BCUT2D eigenvalue weighted by Crippen LogP contribution is 2.23. The van der Waals surface area contributed by atoms with E-state index in [0.717, 1.165) is 37.3 Å². The summed E-state index contributed by atoms with van der Waals surface area (Å²) in [4.78, 5) is 19.7. The zero-order chi connectivity index (χ0) is 24.1. The molecule has 9 heteroatoms. The molecule has 4 rings (SSSR count). The third-order valence-electron chi connectivity index (χ3n) is 5.82. The number of pyridine rings is 1. The summed E-state index contributed by atoms with van der Waals surface area (Å²) < 4.78 is 41.2. The molecule has 34 heavy (non-hydrogen) atoms. The average Bonchev–Trinajstić information content (AvgIpc) is 2.84. The van der Waals surface area contributed by atoms with Gasteiger partial charge in [0.05, 0.1) is 4.90 Å². The molecular weight excluding hydrogens is 455 g/mol. The van der Waals surface area contributed by atoms with E-state index in [0.29, 0.717) is 5.56 Å². The lowest BCUT2D eigenvalue weighted by atomic mass is 10.1. The number of aryl methyl sites for hydroxylation is 1. The largest absolute Gasteiger partial charge is 0.356 e. The molecule has 1 aromatic heterocycles. The standard InChI is InChI=1S/C25H27FN4O3S/c1-18-7-12-22(34(32,33)29-21-10-8-20(26)9-11-21)16-23(18)25(31)28-17-19-6-5-13-27-24(19)30-14-3-2-4-15-30/h5-13,16,29H,2-4,14-15,17H2,1H3,(H,28,31). The summed E-state index contributed by atoms with van der Waals surface area (Å²) in [7, 11) is -3.96. The van der Waals surface area contributed by atoms with Gasteiger partial charge < -0.3 is 10.2 Å². The number of halogens is 1. The Morgan fingerprint density at radius 1 is 1.06 bits per heavy atom. The van der Waals surface area contributed by atoms with Crippen molar-refractivity contribution in [2.75, 3.05) is 22.7 Å². The highest BCUT2D eigenvalue weighted by molar-refractivity contribution is 7.92. The van der Waals surface area contributed by atoms with Crippen LogP contribution in [0.2, 0.25) is 0 Å². The quantitative estimate of drug-likeness (QED) is 0.525. The van der Waals surface area contributed by atoms with Gasteiger partial charge in [-0.2, -0.15) is 0 Å². The van der Waals surface area contributed by atoms with E-state index in [9.17, 15) is 17.6 Å². The summed E-state index contributed by atoms with van der Waals surface area (Å²) in [6.45, 7) is 3.92. The van der Waals surface area contributed by atoms with Crippen molar-refractivity contribution in [3.63, 3.8) is 0 Å². The van der Waals surface area contributed by atoms with Crippen molar-refractivity contribution >= 4 is 27.4 Å². The smallest absolute Gasteiger partial charge is 0.261 e. The Bertz CT molecular complexity index is 1270. The van der Waals surface area contributed by atoms with Gasteiger partial charge in [-0.15, -0.1) is 0 Å². The number of amides is 1. The molecule has 2 N–H and O–H groups in total. The van der Waals surface area contributed by atoms with Crippen LogP contribution in [0, 0.1) is 12.7 Å². The average molecular weight is 483 g/mol. The molecule has 0 saturated carbocycles. The number of carbonyl (C=O) groups excluding carboxylic acids is 1. The minimum absolute atomic E-state index is 0.0528. The normalized spacial score (nSPS) is 14.0. The van der Waals surface area contributed by atoms with Crippen LogP contribution in [-0.2, 0) is 16.6 Å². The monoisotopic (exact) mass is 482 g/mol. The van der Waals surface area contributed by atoms with Gasteiger partial charge in [0, 0.05) is 42.6 Å². The van der Waals surface area contributed by atoms with E-state index in [4.69, 9.17) is 0 Å². The molecule has 1 fully saturated rings. The van der Waals surface area contributed by atoms with Crippen molar-refractivity contribution in [1.29, 1.82) is 0 Å². The number of piperidine rings is 1. The first kappa shape index (κ1) is 23.7. The van der Waals surface area contributed by atoms with Crippen molar-refractivity contribution in [3.8, 4) is 0 Å². The second-order valence-electron chi connectivity index (χ2n) is 8.31. The first-order valence-corrected chi connectivity index (χ1v) is 12.7. The van der Waals surface area contributed by atoms with E-state index >= 15 is 0 Å². The summed E-state index contributed by atoms with van der Waals surface area (Å²) in [6, 6.07) is 13.2. The molecule has 2 aromatic carbocycles. The molecule has 1 aliphatic heterocycles. The van der Waals surface area contributed by atoms with E-state index in [1.54, 1.807) is 19.2 Å². The molecule has 0 aliphatic carbocycles. The van der Waals surface area contributed by atoms with Gasteiger partial charge in [-0.25, -0.2) is 17.8 Å². The Labute approximate surface area is 199 Å². The molecule has 0 radical (unpaired) electrons. The molecule has 1 aliphatic rings. The van der Waals surface area contributed by atoms with Crippen LogP contribution in [-0.4, -0.2) is 32.4 Å². The van der Waals surface area contributed by atoms with Crippen LogP contribution in [0.4, 0.5) is 15.9 Å². The molecule has 0 atom stereocenters. The van der Waals surface area contributed by atoms with Crippen LogP contribution in [0.15, 0.2) is 65.7 Å². The maximum absolute atomic E-state index is 13.1. The van der Waals surface area contributed by atoms with Crippen molar-refractivity contribution in [3.05, 3.63) is 83.3 Å². The highest BCUT2D eigenvalue weighted by Gasteiger charge is 2.20. The van der Waals surface area contributed by atoms with E-state index in [2.05, 4.69) is 19.9 Å². The van der Waals surface area contributed by atoms with Crippen molar-refractivity contribution in [2.24, 2.45) is 0 Å². The van der Waals surface area contributed by atoms with Crippen molar-refractivity contribution in [1.82, 2.24) is 10.3 Å². The Hall–Kier alpha value is -3.46. The number of benzene rings is 2. The first-order chi connectivity index (χ1) is 16.3. The minimum Gasteiger partial charge on any atom is -0.356 e. The maximum Gasteiger partial charge on any atom is 0.261 e. The van der Waals surface area contributed by atoms with Gasteiger partial charge >= 0.3 is 0 Å². The zero-order valence-corrected chi connectivity index (χ0v) is 19.7. The van der Waals surface area contributed by atoms with E-state index in [1.807, 2.05) is 12.1 Å². The summed E-state index contributed by atoms with van der Waals surface area (Å²) in [5.74, 6) is 0.0399. The van der Waals surface area contributed by atoms with Gasteiger partial charge in [0.1, 0.15) is 11.6 Å². The number of hydrogen-bond donors (Lipinski definition) is 2. The van der Waals surface area contributed by atoms with E-state index < -0.39 is 15.8 Å². The lowest BCUT2D eigenvalue weighted by Gasteiger charge is -2.29. The number of nitrogens with zero attached hydrogens (tertiary/aromatic N) is 2. The Morgan fingerprint density at radius 2 is 1.79 bits per heavy atom. The topological polar surface area (TPSA) is 91.4 Å². The van der Waals surface area contributed by atoms with Gasteiger partial charge in [0.2, 0.25) is 0 Å². The zero-order valence-electron chi connectivity index (χ0n) is 18.9. The number of nitrogens with one attached hydrogen (secondary N) is 2. The number of aromatic nitrogens is 1. The van der Waals surface area contributed by atoms with Gasteiger partial charge in [0.15, 0.2) is 0 Å². The van der Waals surface area contributed by atoms with Crippen LogP contribution in [0.1, 0.15) is 40.7 Å². The van der Waals surface area contributed by atoms with Crippen LogP contribution in [0.25, 0.3) is 0 Å². The third kappa shape index (κ3) is 5.53.